The molecule has 0 aliphatic rings. The van der Waals surface area contributed by atoms with Gasteiger partial charge < -0.3 is 5.11 Å². The fourth-order valence-electron chi connectivity index (χ4n) is 1.69. The fraction of sp³-hybridized carbons (Fsp3) is 0.143. The SMILES string of the molecule is CSc1cc(-c2ccccc2)cc(SC)c1O. The zero-order valence-corrected chi connectivity index (χ0v) is 11.4. The Morgan fingerprint density at radius 1 is 0.824 bits per heavy atom. The molecule has 0 fully saturated rings. The third kappa shape index (κ3) is 2.61. The third-order valence-corrected chi connectivity index (χ3v) is 4.09. The number of rotatable bonds is 3. The molecule has 0 aromatic heterocycles. The van der Waals surface area contributed by atoms with Gasteiger partial charge in [0.05, 0.1) is 9.79 Å². The van der Waals surface area contributed by atoms with E-state index in [9.17, 15) is 5.11 Å². The molecule has 2 aromatic rings. The highest BCUT2D eigenvalue weighted by molar-refractivity contribution is 7.99. The highest BCUT2D eigenvalue weighted by Crippen LogP contribution is 2.39. The predicted octanol–water partition coefficient (Wildman–Crippen LogP) is 4.50. The summed E-state index contributed by atoms with van der Waals surface area (Å²) >= 11 is 3.14. The maximum Gasteiger partial charge on any atom is 0.142 e. The van der Waals surface area contributed by atoms with E-state index >= 15 is 0 Å². The molecule has 0 unspecified atom stereocenters. The quantitative estimate of drug-likeness (QED) is 0.822. The standard InChI is InChI=1S/C14H14OS2/c1-16-12-8-11(9-13(17-2)14(12)15)10-6-4-3-5-7-10/h3-9,15H,1-2H3. The van der Waals surface area contributed by atoms with Gasteiger partial charge in [-0.2, -0.15) is 0 Å². The van der Waals surface area contributed by atoms with E-state index in [-0.39, 0.29) is 0 Å². The van der Waals surface area contributed by atoms with Crippen LogP contribution in [0.15, 0.2) is 52.3 Å². The molecule has 0 amide bonds. The molecular formula is C14H14OS2. The Morgan fingerprint density at radius 2 is 1.35 bits per heavy atom. The Morgan fingerprint density at radius 3 is 1.82 bits per heavy atom. The van der Waals surface area contributed by atoms with Crippen molar-refractivity contribution in [2.45, 2.75) is 9.79 Å². The molecular weight excluding hydrogens is 248 g/mol. The lowest BCUT2D eigenvalue weighted by atomic mass is 10.1. The van der Waals surface area contributed by atoms with Crippen molar-refractivity contribution in [2.24, 2.45) is 0 Å². The summed E-state index contributed by atoms with van der Waals surface area (Å²) in [6, 6.07) is 14.3. The van der Waals surface area contributed by atoms with Crippen LogP contribution in [0.1, 0.15) is 0 Å². The first-order valence-electron chi connectivity index (χ1n) is 5.26. The van der Waals surface area contributed by atoms with Gasteiger partial charge in [0.1, 0.15) is 5.75 Å². The molecule has 0 saturated heterocycles. The number of benzene rings is 2. The third-order valence-electron chi connectivity index (χ3n) is 2.59. The molecule has 0 bridgehead atoms. The van der Waals surface area contributed by atoms with E-state index in [2.05, 4.69) is 12.1 Å². The molecule has 88 valence electrons. The number of phenolic OH excluding ortho intramolecular Hbond substituents is 1. The van der Waals surface area contributed by atoms with Gasteiger partial charge in [0.2, 0.25) is 0 Å². The van der Waals surface area contributed by atoms with E-state index in [1.807, 2.05) is 42.8 Å². The van der Waals surface area contributed by atoms with E-state index < -0.39 is 0 Å². The van der Waals surface area contributed by atoms with Crippen molar-refractivity contribution >= 4 is 23.5 Å². The highest BCUT2D eigenvalue weighted by Gasteiger charge is 2.09. The number of hydrogen-bond donors (Lipinski definition) is 1. The van der Waals surface area contributed by atoms with Crippen LogP contribution in [0.4, 0.5) is 0 Å². The number of aromatic hydroxyl groups is 1. The number of hydrogen-bond acceptors (Lipinski definition) is 3. The first-order chi connectivity index (χ1) is 8.26. The van der Waals surface area contributed by atoms with Crippen LogP contribution in [-0.2, 0) is 0 Å². The summed E-state index contributed by atoms with van der Waals surface area (Å²) in [5.74, 6) is 0.393. The topological polar surface area (TPSA) is 20.2 Å². The van der Waals surface area contributed by atoms with Crippen molar-refractivity contribution in [3.05, 3.63) is 42.5 Å². The molecule has 3 heteroatoms. The van der Waals surface area contributed by atoms with Gasteiger partial charge in [-0.15, -0.1) is 23.5 Å². The van der Waals surface area contributed by atoms with E-state index in [1.54, 1.807) is 23.5 Å². The zero-order valence-electron chi connectivity index (χ0n) is 9.81. The molecule has 1 nitrogen and oxygen atoms in total. The van der Waals surface area contributed by atoms with Crippen molar-refractivity contribution in [3.63, 3.8) is 0 Å². The number of thioether (sulfide) groups is 2. The van der Waals surface area contributed by atoms with Crippen molar-refractivity contribution in [3.8, 4) is 16.9 Å². The van der Waals surface area contributed by atoms with Crippen molar-refractivity contribution in [2.75, 3.05) is 12.5 Å². The van der Waals surface area contributed by atoms with Gasteiger partial charge >= 0.3 is 0 Å². The molecule has 2 aromatic carbocycles. The van der Waals surface area contributed by atoms with E-state index in [1.165, 1.54) is 5.56 Å². The Balaban J connectivity index is 2.56. The summed E-state index contributed by atoms with van der Waals surface area (Å²) in [7, 11) is 0. The van der Waals surface area contributed by atoms with Gasteiger partial charge in [-0.05, 0) is 35.8 Å². The molecule has 0 aliphatic carbocycles. The van der Waals surface area contributed by atoms with Crippen molar-refractivity contribution in [1.82, 2.24) is 0 Å². The highest BCUT2D eigenvalue weighted by atomic mass is 32.2. The summed E-state index contributed by atoms with van der Waals surface area (Å²) in [5.41, 5.74) is 2.33. The summed E-state index contributed by atoms with van der Waals surface area (Å²) in [6.45, 7) is 0. The molecule has 0 radical (unpaired) electrons. The Kier molecular flexibility index (Phi) is 4.02. The molecule has 1 N–H and O–H groups in total. The maximum atomic E-state index is 10.0. The van der Waals surface area contributed by atoms with Crippen LogP contribution in [0.2, 0.25) is 0 Å². The summed E-state index contributed by atoms with van der Waals surface area (Å²) < 4.78 is 0. The molecule has 2 rings (SSSR count). The van der Waals surface area contributed by atoms with Crippen LogP contribution in [0.3, 0.4) is 0 Å². The summed E-state index contributed by atoms with van der Waals surface area (Å²) in [4.78, 5) is 1.85. The van der Waals surface area contributed by atoms with Crippen molar-refractivity contribution < 1.29 is 5.11 Å². The minimum atomic E-state index is 0.393. The smallest absolute Gasteiger partial charge is 0.142 e. The largest absolute Gasteiger partial charge is 0.506 e. The van der Waals surface area contributed by atoms with Crippen LogP contribution >= 0.6 is 23.5 Å². The second kappa shape index (κ2) is 5.52. The van der Waals surface area contributed by atoms with E-state index in [0.29, 0.717) is 5.75 Å². The lowest BCUT2D eigenvalue weighted by Gasteiger charge is -2.10. The zero-order chi connectivity index (χ0) is 12.3. The second-order valence-electron chi connectivity index (χ2n) is 3.60. The van der Waals surface area contributed by atoms with Gasteiger partial charge in [0.15, 0.2) is 0 Å². The van der Waals surface area contributed by atoms with Crippen LogP contribution in [-0.4, -0.2) is 17.6 Å². The number of phenols is 1. The average Bonchev–Trinajstić information content (AvgIpc) is 2.40. The van der Waals surface area contributed by atoms with Crippen LogP contribution in [0.5, 0.6) is 5.75 Å². The van der Waals surface area contributed by atoms with Crippen LogP contribution in [0.25, 0.3) is 11.1 Å². The average molecular weight is 262 g/mol. The normalized spacial score (nSPS) is 10.5. The second-order valence-corrected chi connectivity index (χ2v) is 5.29. The molecule has 0 aliphatic heterocycles. The first kappa shape index (κ1) is 12.4. The van der Waals surface area contributed by atoms with Gasteiger partial charge in [0.25, 0.3) is 0 Å². The monoisotopic (exact) mass is 262 g/mol. The van der Waals surface area contributed by atoms with Crippen molar-refractivity contribution in [1.29, 1.82) is 0 Å². The summed E-state index contributed by atoms with van der Waals surface area (Å²) in [6.07, 6.45) is 3.96. The summed E-state index contributed by atoms with van der Waals surface area (Å²) in [5, 5.41) is 10.0. The van der Waals surface area contributed by atoms with Gasteiger partial charge in [-0.3, -0.25) is 0 Å². The predicted molar refractivity (Wildman–Crippen MR) is 77.1 cm³/mol. The Bertz CT molecular complexity index is 484. The van der Waals surface area contributed by atoms with E-state index in [4.69, 9.17) is 0 Å². The molecule has 17 heavy (non-hydrogen) atoms. The van der Waals surface area contributed by atoms with Crippen LogP contribution < -0.4 is 0 Å². The minimum Gasteiger partial charge on any atom is -0.506 e. The van der Waals surface area contributed by atoms with E-state index in [0.717, 1.165) is 15.4 Å². The molecule has 0 heterocycles. The Labute approximate surface area is 110 Å². The maximum absolute atomic E-state index is 10.0. The first-order valence-corrected chi connectivity index (χ1v) is 7.71. The molecule has 0 saturated carbocycles. The van der Waals surface area contributed by atoms with Gasteiger partial charge in [-0.1, -0.05) is 30.3 Å². The minimum absolute atomic E-state index is 0.393. The Hall–Kier alpha value is -1.06. The lowest BCUT2D eigenvalue weighted by molar-refractivity contribution is 0.449. The fourth-order valence-corrected chi connectivity index (χ4v) is 2.85. The van der Waals surface area contributed by atoms with Crippen LogP contribution in [0, 0.1) is 0 Å². The van der Waals surface area contributed by atoms with Gasteiger partial charge in [0, 0.05) is 0 Å². The molecule has 0 atom stereocenters. The van der Waals surface area contributed by atoms with Gasteiger partial charge in [-0.25, -0.2) is 0 Å². The molecule has 0 spiro atoms. The lowest BCUT2D eigenvalue weighted by Crippen LogP contribution is -1.83.